The highest BCUT2D eigenvalue weighted by Crippen LogP contribution is 2.34. The first-order valence-electron chi connectivity index (χ1n) is 14.4. The number of pyridine rings is 3. The number of ether oxygens (including phenoxy) is 2. The van der Waals surface area contributed by atoms with E-state index in [-0.39, 0.29) is 18.7 Å². The number of fused-ring (bicyclic) bond motifs is 1. The topological polar surface area (TPSA) is 113 Å². The largest absolute Gasteiger partial charge is 0.497 e. The molecule has 44 heavy (non-hydrogen) atoms. The van der Waals surface area contributed by atoms with Crippen molar-refractivity contribution >= 4 is 28.3 Å². The molecule has 0 atom stereocenters. The number of aryl methyl sites for hydroxylation is 1. The number of aromatic nitrogens is 3. The van der Waals surface area contributed by atoms with E-state index in [0.29, 0.717) is 18.9 Å². The number of benzene rings is 2. The molecular weight excluding hydrogens is 552 g/mol. The van der Waals surface area contributed by atoms with Crippen molar-refractivity contribution < 1.29 is 14.3 Å². The first-order valence-corrected chi connectivity index (χ1v) is 14.4. The molecule has 0 unspecified atom stereocenters. The van der Waals surface area contributed by atoms with Crippen molar-refractivity contribution in [3.05, 3.63) is 102 Å². The molecule has 0 radical (unpaired) electrons. The number of nitrogens with zero attached hydrogens (tertiary/aromatic N) is 5. The van der Waals surface area contributed by atoms with Gasteiger partial charge >= 0.3 is 0 Å². The molecule has 0 aliphatic carbocycles. The smallest absolute Gasteiger partial charge is 0.226 e. The molecule has 222 valence electrons. The number of carbonyl (C=O) groups is 1. The minimum Gasteiger partial charge on any atom is -0.497 e. The van der Waals surface area contributed by atoms with E-state index in [2.05, 4.69) is 51.4 Å². The van der Waals surface area contributed by atoms with Gasteiger partial charge in [0.2, 0.25) is 5.91 Å². The Kier molecular flexibility index (Phi) is 9.62. The summed E-state index contributed by atoms with van der Waals surface area (Å²) in [4.78, 5) is 28.8. The lowest BCUT2D eigenvalue weighted by atomic mass is 10.0. The predicted molar refractivity (Wildman–Crippen MR) is 171 cm³/mol. The number of carbonyl (C=O) groups excluding carboxylic acids is 1. The number of nitriles is 1. The molecule has 9 nitrogen and oxygen atoms in total. The zero-order chi connectivity index (χ0) is 30.9. The third-order valence-electron chi connectivity index (χ3n) is 7.36. The van der Waals surface area contributed by atoms with Gasteiger partial charge in [-0.1, -0.05) is 31.2 Å². The van der Waals surface area contributed by atoms with Gasteiger partial charge in [-0.3, -0.25) is 9.78 Å². The van der Waals surface area contributed by atoms with Crippen molar-refractivity contribution in [3.63, 3.8) is 0 Å². The van der Waals surface area contributed by atoms with Gasteiger partial charge in [-0.25, -0.2) is 9.97 Å². The molecule has 3 heterocycles. The van der Waals surface area contributed by atoms with Gasteiger partial charge in [-0.15, -0.1) is 0 Å². The van der Waals surface area contributed by atoms with Crippen LogP contribution in [-0.4, -0.2) is 35.1 Å². The maximum absolute atomic E-state index is 12.4. The molecule has 0 spiro atoms. The Morgan fingerprint density at radius 2 is 1.59 bits per heavy atom. The highest BCUT2D eigenvalue weighted by atomic mass is 16.5. The number of hydrogen-bond acceptors (Lipinski definition) is 8. The van der Waals surface area contributed by atoms with Crippen molar-refractivity contribution in [2.45, 2.75) is 39.3 Å². The lowest BCUT2D eigenvalue weighted by molar-refractivity contribution is -0.116. The summed E-state index contributed by atoms with van der Waals surface area (Å²) in [7, 11) is 3.31. The van der Waals surface area contributed by atoms with Crippen LogP contribution < -0.4 is 19.7 Å². The molecule has 0 fully saturated rings. The van der Waals surface area contributed by atoms with Gasteiger partial charge in [-0.2, -0.15) is 5.26 Å². The Hall–Kier alpha value is -5.49. The molecule has 1 amide bonds. The van der Waals surface area contributed by atoms with Crippen LogP contribution in [0.3, 0.4) is 0 Å². The Balaban J connectivity index is 1.65. The molecule has 3 aromatic heterocycles. The minimum atomic E-state index is -0.255. The lowest BCUT2D eigenvalue weighted by Crippen LogP contribution is -2.24. The summed E-state index contributed by atoms with van der Waals surface area (Å²) in [6, 6.07) is 23.9. The van der Waals surface area contributed by atoms with Crippen molar-refractivity contribution in [3.8, 4) is 28.8 Å². The van der Waals surface area contributed by atoms with Crippen molar-refractivity contribution in [1.29, 1.82) is 5.26 Å². The zero-order valence-electron chi connectivity index (χ0n) is 25.1. The molecular formula is C35H34N6O3. The third-order valence-corrected chi connectivity index (χ3v) is 7.36. The van der Waals surface area contributed by atoms with E-state index in [0.717, 1.165) is 62.5 Å². The SMILES string of the molecule is CCc1ccncc1-c1cc2cc(NC(=O)CCC#N)ncc2c(N(Cc2ccc(OC)cc2)Cc2ccc(OC)cc2)n1. The Labute approximate surface area is 257 Å². The summed E-state index contributed by atoms with van der Waals surface area (Å²) < 4.78 is 10.8. The fourth-order valence-corrected chi connectivity index (χ4v) is 5.02. The highest BCUT2D eigenvalue weighted by Gasteiger charge is 2.19. The molecule has 9 heteroatoms. The van der Waals surface area contributed by atoms with Crippen LogP contribution in [-0.2, 0) is 24.3 Å². The van der Waals surface area contributed by atoms with Gasteiger partial charge in [0.25, 0.3) is 0 Å². The first kappa shape index (κ1) is 30.0. The fraction of sp³-hybridized carbons (Fsp3) is 0.229. The summed E-state index contributed by atoms with van der Waals surface area (Å²) >= 11 is 0. The molecule has 5 aromatic rings. The van der Waals surface area contributed by atoms with E-state index in [9.17, 15) is 4.79 Å². The standard InChI is InChI=1S/C35H34N6O3/c1-4-26-15-17-37-20-30(26)32-18-27-19-33(40-34(42)6-5-16-36)38-21-31(27)35(39-32)41(22-24-7-11-28(43-2)12-8-24)23-25-9-13-29(44-3)14-10-25/h7-15,17-21H,4-6,22-23H2,1-3H3,(H,38,40,42). The number of rotatable bonds is 12. The Bertz CT molecular complexity index is 1730. The maximum Gasteiger partial charge on any atom is 0.226 e. The monoisotopic (exact) mass is 586 g/mol. The molecule has 0 saturated carbocycles. The highest BCUT2D eigenvalue weighted by molar-refractivity contribution is 5.98. The Morgan fingerprint density at radius 1 is 0.932 bits per heavy atom. The fourth-order valence-electron chi connectivity index (χ4n) is 5.02. The summed E-state index contributed by atoms with van der Waals surface area (Å²) in [5.74, 6) is 2.50. The second-order valence-corrected chi connectivity index (χ2v) is 10.3. The molecule has 5 rings (SSSR count). The van der Waals surface area contributed by atoms with Gasteiger partial charge < -0.3 is 19.7 Å². The first-order chi connectivity index (χ1) is 21.5. The molecule has 0 bridgehead atoms. The van der Waals surface area contributed by atoms with Crippen LogP contribution in [0.5, 0.6) is 11.5 Å². The molecule has 2 aromatic carbocycles. The van der Waals surface area contributed by atoms with E-state index in [4.69, 9.17) is 19.7 Å². The van der Waals surface area contributed by atoms with Crippen LogP contribution >= 0.6 is 0 Å². The second kappa shape index (κ2) is 14.1. The number of anilines is 2. The molecule has 0 aliphatic rings. The zero-order valence-corrected chi connectivity index (χ0v) is 25.1. The van der Waals surface area contributed by atoms with Crippen LogP contribution in [0.2, 0.25) is 0 Å². The van der Waals surface area contributed by atoms with Crippen LogP contribution in [0, 0.1) is 11.3 Å². The van der Waals surface area contributed by atoms with E-state index in [1.807, 2.05) is 54.7 Å². The number of nitrogens with one attached hydrogen (secondary N) is 1. The summed E-state index contributed by atoms with van der Waals surface area (Å²) in [6.45, 7) is 3.25. The lowest BCUT2D eigenvalue weighted by Gasteiger charge is -2.26. The van der Waals surface area contributed by atoms with Gasteiger partial charge in [-0.05, 0) is 71.0 Å². The van der Waals surface area contributed by atoms with Crippen LogP contribution in [0.4, 0.5) is 11.6 Å². The summed E-state index contributed by atoms with van der Waals surface area (Å²) in [5, 5.41) is 13.4. The van der Waals surface area contributed by atoms with E-state index in [1.165, 1.54) is 0 Å². The second-order valence-electron chi connectivity index (χ2n) is 10.3. The van der Waals surface area contributed by atoms with E-state index >= 15 is 0 Å². The van der Waals surface area contributed by atoms with Crippen LogP contribution in [0.25, 0.3) is 22.0 Å². The minimum absolute atomic E-state index is 0.107. The van der Waals surface area contributed by atoms with Gasteiger partial charge in [0.15, 0.2) is 0 Å². The van der Waals surface area contributed by atoms with Gasteiger partial charge in [0.1, 0.15) is 23.1 Å². The third kappa shape index (κ3) is 7.10. The number of hydrogen-bond donors (Lipinski definition) is 1. The van der Waals surface area contributed by atoms with E-state index < -0.39 is 0 Å². The molecule has 0 saturated heterocycles. The summed E-state index contributed by atoms with van der Waals surface area (Å²) in [5.41, 5.74) is 5.03. The number of methoxy groups -OCH3 is 2. The van der Waals surface area contributed by atoms with Gasteiger partial charge in [0, 0.05) is 55.5 Å². The normalized spacial score (nSPS) is 10.7. The number of amides is 1. The Morgan fingerprint density at radius 3 is 2.18 bits per heavy atom. The van der Waals surface area contributed by atoms with Crippen molar-refractivity contribution in [2.75, 3.05) is 24.4 Å². The average molecular weight is 587 g/mol. The molecule has 1 N–H and O–H groups in total. The van der Waals surface area contributed by atoms with Crippen LogP contribution in [0.15, 0.2) is 85.3 Å². The van der Waals surface area contributed by atoms with Crippen LogP contribution in [0.1, 0.15) is 36.5 Å². The average Bonchev–Trinajstić information content (AvgIpc) is 3.07. The summed E-state index contributed by atoms with van der Waals surface area (Å²) in [6.07, 6.45) is 6.47. The van der Waals surface area contributed by atoms with E-state index in [1.54, 1.807) is 26.6 Å². The quantitative estimate of drug-likeness (QED) is 0.171. The van der Waals surface area contributed by atoms with Crippen molar-refractivity contribution in [1.82, 2.24) is 15.0 Å². The van der Waals surface area contributed by atoms with Crippen molar-refractivity contribution in [2.24, 2.45) is 0 Å². The maximum atomic E-state index is 12.4. The molecule has 0 aliphatic heterocycles. The van der Waals surface area contributed by atoms with Gasteiger partial charge in [0.05, 0.1) is 26.0 Å². The predicted octanol–water partition coefficient (Wildman–Crippen LogP) is 6.72.